The first-order chi connectivity index (χ1) is 6.74. The Morgan fingerprint density at radius 3 is 2.79 bits per heavy atom. The molecule has 0 aliphatic rings. The molecule has 0 fully saturated rings. The third-order valence-corrected chi connectivity index (χ3v) is 2.17. The molecule has 1 aromatic rings. The van der Waals surface area contributed by atoms with E-state index in [1.807, 2.05) is 6.07 Å². The van der Waals surface area contributed by atoms with Crippen molar-refractivity contribution in [1.29, 1.82) is 0 Å². The zero-order valence-corrected chi connectivity index (χ0v) is 8.46. The predicted octanol–water partition coefficient (Wildman–Crippen LogP) is 1.51. The maximum atomic E-state index is 13.1. The minimum atomic E-state index is -0.152. The van der Waals surface area contributed by atoms with Crippen LogP contribution in [0.4, 0.5) is 4.39 Å². The number of rotatable bonds is 5. The van der Waals surface area contributed by atoms with E-state index in [1.54, 1.807) is 12.1 Å². The van der Waals surface area contributed by atoms with Crippen LogP contribution in [0.5, 0.6) is 0 Å². The van der Waals surface area contributed by atoms with Crippen LogP contribution >= 0.6 is 0 Å². The fraction of sp³-hybridized carbons (Fsp3) is 0.455. The van der Waals surface area contributed by atoms with Gasteiger partial charge in [0.15, 0.2) is 0 Å². The zero-order valence-electron chi connectivity index (χ0n) is 8.46. The minimum Gasteiger partial charge on any atom is -0.330 e. The first kappa shape index (κ1) is 11.1. The summed E-state index contributed by atoms with van der Waals surface area (Å²) in [5.41, 5.74) is 6.17. The van der Waals surface area contributed by atoms with Crippen molar-refractivity contribution in [3.63, 3.8) is 0 Å². The van der Waals surface area contributed by atoms with Gasteiger partial charge in [0.05, 0.1) is 0 Å². The molecule has 78 valence electrons. The standard InChI is InChI=1S/C11H17FN2/c1-9(6-13)7-14-8-10-4-2-3-5-11(10)12/h2-5,9,14H,6-8,13H2,1H3. The molecule has 0 amide bonds. The fourth-order valence-electron chi connectivity index (χ4n) is 1.18. The second-order valence-electron chi connectivity index (χ2n) is 3.56. The molecule has 0 spiro atoms. The lowest BCUT2D eigenvalue weighted by molar-refractivity contribution is 0.511. The van der Waals surface area contributed by atoms with Crippen molar-refractivity contribution in [3.8, 4) is 0 Å². The van der Waals surface area contributed by atoms with E-state index in [2.05, 4.69) is 12.2 Å². The van der Waals surface area contributed by atoms with Crippen molar-refractivity contribution in [2.24, 2.45) is 11.7 Å². The van der Waals surface area contributed by atoms with Gasteiger partial charge in [0, 0.05) is 12.1 Å². The largest absolute Gasteiger partial charge is 0.330 e. The van der Waals surface area contributed by atoms with E-state index in [9.17, 15) is 4.39 Å². The van der Waals surface area contributed by atoms with Crippen LogP contribution in [0.3, 0.4) is 0 Å². The maximum absolute atomic E-state index is 13.1. The molecule has 1 atom stereocenters. The molecule has 3 N–H and O–H groups in total. The summed E-state index contributed by atoms with van der Waals surface area (Å²) in [5, 5.41) is 3.17. The molecule has 1 aromatic carbocycles. The van der Waals surface area contributed by atoms with Crippen LogP contribution < -0.4 is 11.1 Å². The first-order valence-electron chi connectivity index (χ1n) is 4.88. The second kappa shape index (κ2) is 5.73. The lowest BCUT2D eigenvalue weighted by atomic mass is 10.1. The highest BCUT2D eigenvalue weighted by Crippen LogP contribution is 2.05. The number of nitrogens with two attached hydrogens (primary N) is 1. The molecule has 1 unspecified atom stereocenters. The highest BCUT2D eigenvalue weighted by atomic mass is 19.1. The molecule has 0 saturated carbocycles. The van der Waals surface area contributed by atoms with Crippen molar-refractivity contribution in [2.75, 3.05) is 13.1 Å². The van der Waals surface area contributed by atoms with Crippen LogP contribution in [0.1, 0.15) is 12.5 Å². The molecule has 0 aromatic heterocycles. The van der Waals surface area contributed by atoms with Crippen LogP contribution in [-0.2, 0) is 6.54 Å². The molecule has 2 nitrogen and oxygen atoms in total. The van der Waals surface area contributed by atoms with Gasteiger partial charge in [-0.15, -0.1) is 0 Å². The predicted molar refractivity (Wildman–Crippen MR) is 56.3 cm³/mol. The van der Waals surface area contributed by atoms with Gasteiger partial charge in [-0.2, -0.15) is 0 Å². The monoisotopic (exact) mass is 196 g/mol. The summed E-state index contributed by atoms with van der Waals surface area (Å²) in [6.45, 7) is 4.11. The van der Waals surface area contributed by atoms with Crippen molar-refractivity contribution in [2.45, 2.75) is 13.5 Å². The van der Waals surface area contributed by atoms with Gasteiger partial charge in [0.2, 0.25) is 0 Å². The van der Waals surface area contributed by atoms with Crippen LogP contribution in [0, 0.1) is 11.7 Å². The van der Waals surface area contributed by atoms with Crippen LogP contribution in [0.2, 0.25) is 0 Å². The van der Waals surface area contributed by atoms with Gasteiger partial charge in [-0.05, 0) is 25.1 Å². The summed E-state index contributed by atoms with van der Waals surface area (Å²) in [6.07, 6.45) is 0. The Bertz CT molecular complexity index is 276. The molecule has 0 aliphatic carbocycles. The van der Waals surface area contributed by atoms with E-state index in [4.69, 9.17) is 5.73 Å². The highest BCUT2D eigenvalue weighted by molar-refractivity contribution is 5.16. The lowest BCUT2D eigenvalue weighted by Crippen LogP contribution is -2.26. The Morgan fingerprint density at radius 2 is 2.14 bits per heavy atom. The van der Waals surface area contributed by atoms with Crippen molar-refractivity contribution in [3.05, 3.63) is 35.6 Å². The van der Waals surface area contributed by atoms with E-state index < -0.39 is 0 Å². The quantitative estimate of drug-likeness (QED) is 0.749. The van der Waals surface area contributed by atoms with Crippen molar-refractivity contribution in [1.82, 2.24) is 5.32 Å². The Kier molecular flexibility index (Phi) is 4.56. The summed E-state index contributed by atoms with van der Waals surface area (Å²) in [4.78, 5) is 0. The fourth-order valence-corrected chi connectivity index (χ4v) is 1.18. The molecule has 14 heavy (non-hydrogen) atoms. The number of hydrogen-bond acceptors (Lipinski definition) is 2. The zero-order chi connectivity index (χ0) is 10.4. The topological polar surface area (TPSA) is 38.0 Å². The van der Waals surface area contributed by atoms with Gasteiger partial charge in [0.1, 0.15) is 5.82 Å². The summed E-state index contributed by atoms with van der Waals surface area (Å²) in [6, 6.07) is 6.80. The van der Waals surface area contributed by atoms with Gasteiger partial charge < -0.3 is 11.1 Å². The van der Waals surface area contributed by atoms with E-state index >= 15 is 0 Å². The van der Waals surface area contributed by atoms with Gasteiger partial charge >= 0.3 is 0 Å². The number of nitrogens with one attached hydrogen (secondary N) is 1. The molecule has 0 aliphatic heterocycles. The second-order valence-corrected chi connectivity index (χ2v) is 3.56. The summed E-state index contributed by atoms with van der Waals surface area (Å²) >= 11 is 0. The third kappa shape index (κ3) is 3.44. The molecular weight excluding hydrogens is 179 g/mol. The molecule has 1 rings (SSSR count). The third-order valence-electron chi connectivity index (χ3n) is 2.17. The number of benzene rings is 1. The van der Waals surface area contributed by atoms with Gasteiger partial charge in [0.25, 0.3) is 0 Å². The highest BCUT2D eigenvalue weighted by Gasteiger charge is 2.01. The first-order valence-corrected chi connectivity index (χ1v) is 4.88. The number of hydrogen-bond donors (Lipinski definition) is 2. The Morgan fingerprint density at radius 1 is 1.43 bits per heavy atom. The van der Waals surface area contributed by atoms with Crippen LogP contribution in [-0.4, -0.2) is 13.1 Å². The summed E-state index contributed by atoms with van der Waals surface area (Å²) < 4.78 is 13.1. The molecule has 3 heteroatoms. The van der Waals surface area contributed by atoms with Gasteiger partial charge in [-0.1, -0.05) is 25.1 Å². The summed E-state index contributed by atoms with van der Waals surface area (Å²) in [5.74, 6) is 0.280. The molecule has 0 bridgehead atoms. The normalized spacial score (nSPS) is 12.8. The summed E-state index contributed by atoms with van der Waals surface area (Å²) in [7, 11) is 0. The Labute approximate surface area is 84.3 Å². The van der Waals surface area contributed by atoms with Gasteiger partial charge in [-0.25, -0.2) is 4.39 Å². The average molecular weight is 196 g/mol. The maximum Gasteiger partial charge on any atom is 0.127 e. The van der Waals surface area contributed by atoms with Crippen molar-refractivity contribution >= 4 is 0 Å². The average Bonchev–Trinajstić information content (AvgIpc) is 2.20. The van der Waals surface area contributed by atoms with Crippen LogP contribution in [0.25, 0.3) is 0 Å². The Balaban J connectivity index is 2.35. The van der Waals surface area contributed by atoms with Crippen molar-refractivity contribution < 1.29 is 4.39 Å². The van der Waals surface area contributed by atoms with Crippen LogP contribution in [0.15, 0.2) is 24.3 Å². The Hall–Kier alpha value is -0.930. The SMILES string of the molecule is CC(CN)CNCc1ccccc1F. The van der Waals surface area contributed by atoms with E-state index in [1.165, 1.54) is 6.07 Å². The van der Waals surface area contributed by atoms with E-state index in [0.29, 0.717) is 24.6 Å². The molecule has 0 saturated heterocycles. The molecule has 0 heterocycles. The smallest absolute Gasteiger partial charge is 0.127 e. The number of halogens is 1. The molecule has 0 radical (unpaired) electrons. The minimum absolute atomic E-state index is 0.152. The van der Waals surface area contributed by atoms with Gasteiger partial charge in [-0.3, -0.25) is 0 Å². The molecular formula is C11H17FN2. The van der Waals surface area contributed by atoms with E-state index in [-0.39, 0.29) is 5.82 Å². The lowest BCUT2D eigenvalue weighted by Gasteiger charge is -2.10. The van der Waals surface area contributed by atoms with E-state index in [0.717, 1.165) is 6.54 Å².